The Morgan fingerprint density at radius 2 is 1.75 bits per heavy atom. The summed E-state index contributed by atoms with van der Waals surface area (Å²) in [5.41, 5.74) is 2.30. The maximum absolute atomic E-state index is 12.5. The second-order valence-corrected chi connectivity index (χ2v) is 9.49. The van der Waals surface area contributed by atoms with E-state index in [0.717, 1.165) is 12.0 Å². The molecule has 0 saturated carbocycles. The molecule has 2 aromatic carbocycles. The fourth-order valence-corrected chi connectivity index (χ4v) is 4.57. The minimum atomic E-state index is -3.56. The number of benzene rings is 2. The Kier molecular flexibility index (Phi) is 6.52. The summed E-state index contributed by atoms with van der Waals surface area (Å²) in [5, 5.41) is 0. The number of nitrogens with one attached hydrogen (secondary N) is 1. The van der Waals surface area contributed by atoms with Crippen LogP contribution in [0.5, 0.6) is 0 Å². The molecule has 0 spiro atoms. The third-order valence-electron chi connectivity index (χ3n) is 5.23. The molecule has 5 nitrogen and oxygen atoms in total. The van der Waals surface area contributed by atoms with Gasteiger partial charge in [0.05, 0.1) is 4.90 Å². The summed E-state index contributed by atoms with van der Waals surface area (Å²) in [6, 6.07) is 17.1. The van der Waals surface area contributed by atoms with Gasteiger partial charge in [-0.05, 0) is 41.5 Å². The lowest BCUT2D eigenvalue weighted by Crippen LogP contribution is -2.32. The van der Waals surface area contributed by atoms with Crippen LogP contribution in [0.4, 0.5) is 0 Å². The Labute approximate surface area is 167 Å². The molecule has 0 aliphatic carbocycles. The number of sulfonamides is 1. The topological polar surface area (TPSA) is 66.5 Å². The van der Waals surface area contributed by atoms with E-state index in [9.17, 15) is 13.2 Å². The van der Waals surface area contributed by atoms with Gasteiger partial charge in [0.1, 0.15) is 0 Å². The average Bonchev–Trinajstić information content (AvgIpc) is 3.05. The highest BCUT2D eigenvalue weighted by atomic mass is 32.2. The summed E-state index contributed by atoms with van der Waals surface area (Å²) in [5.74, 6) is 0.463. The van der Waals surface area contributed by atoms with Crippen LogP contribution in [0.2, 0.25) is 0 Å². The van der Waals surface area contributed by atoms with Crippen molar-refractivity contribution in [2.75, 3.05) is 19.6 Å². The highest BCUT2D eigenvalue weighted by Gasteiger charge is 2.30. The van der Waals surface area contributed by atoms with Gasteiger partial charge in [-0.3, -0.25) is 4.79 Å². The number of rotatable bonds is 8. The number of hydrogen-bond donors (Lipinski definition) is 1. The van der Waals surface area contributed by atoms with Crippen molar-refractivity contribution in [3.05, 3.63) is 65.7 Å². The zero-order chi connectivity index (χ0) is 20.1. The molecular weight excluding hydrogens is 372 g/mol. The van der Waals surface area contributed by atoms with Gasteiger partial charge in [-0.15, -0.1) is 0 Å². The van der Waals surface area contributed by atoms with Gasteiger partial charge in [0.2, 0.25) is 15.9 Å². The maximum atomic E-state index is 12.5. The molecule has 1 atom stereocenters. The first-order valence-corrected chi connectivity index (χ1v) is 11.2. The molecule has 0 bridgehead atoms. The predicted molar refractivity (Wildman–Crippen MR) is 111 cm³/mol. The van der Waals surface area contributed by atoms with Crippen LogP contribution >= 0.6 is 0 Å². The van der Waals surface area contributed by atoms with Crippen LogP contribution < -0.4 is 4.72 Å². The highest BCUT2D eigenvalue weighted by Crippen LogP contribution is 2.20. The maximum Gasteiger partial charge on any atom is 0.240 e. The largest absolute Gasteiger partial charge is 0.342 e. The van der Waals surface area contributed by atoms with E-state index < -0.39 is 10.0 Å². The molecule has 1 fully saturated rings. The molecule has 1 heterocycles. The lowest BCUT2D eigenvalue weighted by molar-refractivity contribution is -0.127. The quantitative estimate of drug-likeness (QED) is 0.740. The monoisotopic (exact) mass is 400 g/mol. The number of carbonyl (C=O) groups excluding carboxylic acids is 1. The van der Waals surface area contributed by atoms with Crippen LogP contribution in [-0.2, 0) is 21.2 Å². The third-order valence-corrected chi connectivity index (χ3v) is 6.67. The van der Waals surface area contributed by atoms with E-state index in [1.165, 1.54) is 5.56 Å². The summed E-state index contributed by atoms with van der Waals surface area (Å²) in [4.78, 5) is 14.4. The number of likely N-dealkylation sites (tertiary alicyclic amines) is 1. The molecule has 1 amide bonds. The lowest BCUT2D eigenvalue weighted by Gasteiger charge is -2.17. The van der Waals surface area contributed by atoms with E-state index in [4.69, 9.17) is 0 Å². The van der Waals surface area contributed by atoms with Gasteiger partial charge in [0, 0.05) is 26.1 Å². The third kappa shape index (κ3) is 5.20. The van der Waals surface area contributed by atoms with Crippen molar-refractivity contribution in [3.63, 3.8) is 0 Å². The van der Waals surface area contributed by atoms with Crippen LogP contribution in [-0.4, -0.2) is 38.9 Å². The van der Waals surface area contributed by atoms with Gasteiger partial charge >= 0.3 is 0 Å². The van der Waals surface area contributed by atoms with Gasteiger partial charge in [0.25, 0.3) is 0 Å². The number of carbonyl (C=O) groups is 1. The zero-order valence-electron chi connectivity index (χ0n) is 16.5. The number of amides is 1. The molecule has 1 aliphatic rings. The molecule has 0 radical (unpaired) electrons. The minimum absolute atomic E-state index is 0.00739. The second kappa shape index (κ2) is 8.88. The minimum Gasteiger partial charge on any atom is -0.342 e. The Bertz CT molecular complexity index is 893. The molecule has 2 aromatic rings. The Hall–Kier alpha value is -2.18. The molecular formula is C22H28N2O3S. The molecule has 1 aliphatic heterocycles. The predicted octanol–water partition coefficient (Wildman–Crippen LogP) is 3.18. The molecule has 0 aromatic heterocycles. The Morgan fingerprint density at radius 3 is 2.39 bits per heavy atom. The van der Waals surface area contributed by atoms with Crippen molar-refractivity contribution in [2.45, 2.75) is 37.5 Å². The van der Waals surface area contributed by atoms with Crippen molar-refractivity contribution in [3.8, 4) is 0 Å². The summed E-state index contributed by atoms with van der Waals surface area (Å²) in [6.07, 6.45) is 1.21. The van der Waals surface area contributed by atoms with E-state index in [2.05, 4.69) is 30.7 Å². The SMILES string of the molecule is CC(C)c1ccc(S(=O)(=O)NC[C@H]2CC(=O)N(CCc3ccccc3)C2)cc1. The fourth-order valence-electron chi connectivity index (χ4n) is 3.46. The lowest BCUT2D eigenvalue weighted by atomic mass is 10.0. The smallest absolute Gasteiger partial charge is 0.240 e. The van der Waals surface area contributed by atoms with Crippen molar-refractivity contribution < 1.29 is 13.2 Å². The highest BCUT2D eigenvalue weighted by molar-refractivity contribution is 7.89. The van der Waals surface area contributed by atoms with Gasteiger partial charge in [0.15, 0.2) is 0 Å². The molecule has 150 valence electrons. The molecule has 3 rings (SSSR count). The number of nitrogens with zero attached hydrogens (tertiary/aromatic N) is 1. The fraction of sp³-hybridized carbons (Fsp3) is 0.409. The standard InChI is InChI=1S/C22H28N2O3S/c1-17(2)20-8-10-21(11-9-20)28(26,27)23-15-19-14-22(25)24(16-19)13-12-18-6-4-3-5-7-18/h3-11,17,19,23H,12-16H2,1-2H3/t19-/m1/s1. The Balaban J connectivity index is 1.52. The van der Waals surface area contributed by atoms with Crippen molar-refractivity contribution >= 4 is 15.9 Å². The normalized spacial score (nSPS) is 17.5. The van der Waals surface area contributed by atoms with Crippen LogP contribution in [0.25, 0.3) is 0 Å². The van der Waals surface area contributed by atoms with E-state index >= 15 is 0 Å². The first kappa shape index (κ1) is 20.6. The van der Waals surface area contributed by atoms with Gasteiger partial charge in [-0.1, -0.05) is 56.3 Å². The summed E-state index contributed by atoms with van der Waals surface area (Å²) in [7, 11) is -3.56. The van der Waals surface area contributed by atoms with Crippen molar-refractivity contribution in [1.82, 2.24) is 9.62 Å². The molecule has 1 saturated heterocycles. The average molecular weight is 401 g/mol. The first-order chi connectivity index (χ1) is 13.3. The molecule has 28 heavy (non-hydrogen) atoms. The van der Waals surface area contributed by atoms with Crippen LogP contribution in [0, 0.1) is 5.92 Å². The van der Waals surface area contributed by atoms with E-state index in [1.807, 2.05) is 35.2 Å². The van der Waals surface area contributed by atoms with E-state index in [1.54, 1.807) is 12.1 Å². The van der Waals surface area contributed by atoms with Crippen molar-refractivity contribution in [2.24, 2.45) is 5.92 Å². The molecule has 1 N–H and O–H groups in total. The van der Waals surface area contributed by atoms with Crippen molar-refractivity contribution in [1.29, 1.82) is 0 Å². The van der Waals surface area contributed by atoms with Crippen LogP contribution in [0.1, 0.15) is 37.3 Å². The second-order valence-electron chi connectivity index (χ2n) is 7.72. The molecule has 0 unspecified atom stereocenters. The van der Waals surface area contributed by atoms with E-state index in [0.29, 0.717) is 25.4 Å². The molecule has 6 heteroatoms. The van der Waals surface area contributed by atoms with Crippen LogP contribution in [0.3, 0.4) is 0 Å². The van der Waals surface area contributed by atoms with Gasteiger partial charge in [-0.25, -0.2) is 13.1 Å². The van der Waals surface area contributed by atoms with E-state index in [-0.39, 0.29) is 23.3 Å². The summed E-state index contributed by atoms with van der Waals surface area (Å²) >= 11 is 0. The zero-order valence-corrected chi connectivity index (χ0v) is 17.3. The summed E-state index contributed by atoms with van der Waals surface area (Å²) < 4.78 is 27.7. The van der Waals surface area contributed by atoms with Crippen LogP contribution in [0.15, 0.2) is 59.5 Å². The summed E-state index contributed by atoms with van der Waals surface area (Å²) in [6.45, 7) is 5.69. The van der Waals surface area contributed by atoms with Gasteiger partial charge < -0.3 is 4.90 Å². The van der Waals surface area contributed by atoms with Gasteiger partial charge in [-0.2, -0.15) is 0 Å². The number of hydrogen-bond acceptors (Lipinski definition) is 3. The Morgan fingerprint density at radius 1 is 1.07 bits per heavy atom. The first-order valence-electron chi connectivity index (χ1n) is 9.76.